The van der Waals surface area contributed by atoms with E-state index in [2.05, 4.69) is 79.1 Å². The second kappa shape index (κ2) is 38.0. The topological polar surface area (TPSA) is 262 Å². The fourth-order valence-electron chi connectivity index (χ4n) is 13.0. The third kappa shape index (κ3) is 19.0. The Bertz CT molecular complexity index is 4750. The highest BCUT2D eigenvalue weighted by Gasteiger charge is 2.31. The Morgan fingerprint density at radius 2 is 0.830 bits per heavy atom. The molecule has 100 heavy (non-hydrogen) atoms. The van der Waals surface area contributed by atoms with Gasteiger partial charge in [-0.15, -0.1) is 0 Å². The first-order chi connectivity index (χ1) is 48.4. The Labute approximate surface area is 578 Å². The van der Waals surface area contributed by atoms with Gasteiger partial charge in [0.05, 0.1) is 65.0 Å². The van der Waals surface area contributed by atoms with Crippen LogP contribution in [0.4, 0.5) is 0 Å². The number of morpholine rings is 2. The van der Waals surface area contributed by atoms with Gasteiger partial charge in [-0.05, 0) is 183 Å². The minimum absolute atomic E-state index is 0. The van der Waals surface area contributed by atoms with Crippen LogP contribution < -0.4 is 14.2 Å². The Morgan fingerprint density at radius 3 is 1.23 bits per heavy atom. The summed E-state index contributed by atoms with van der Waals surface area (Å²) in [5.74, 6) is 2.72. The summed E-state index contributed by atoms with van der Waals surface area (Å²) in [6.45, 7) is 16.9. The van der Waals surface area contributed by atoms with Gasteiger partial charge in [-0.3, -0.25) is 19.4 Å². The van der Waals surface area contributed by atoms with Gasteiger partial charge in [0.15, 0.2) is 0 Å². The third-order valence-corrected chi connectivity index (χ3v) is 17.6. The number of aryl methyl sites for hydroxylation is 3. The summed E-state index contributed by atoms with van der Waals surface area (Å²) in [5.41, 5.74) is 8.36. The lowest BCUT2D eigenvalue weighted by Crippen LogP contribution is -2.38. The number of ketones is 2. The number of nitrogens with zero attached hydrogens (tertiary/aromatic N) is 2. The number of carbonyl (C=O) groups is 2. The van der Waals surface area contributed by atoms with E-state index in [9.17, 15) is 14.7 Å². The average molecular weight is 1360 g/mol. The number of phenolic OH excluding ortho intramolecular Hbond substituents is 1. The lowest BCUT2D eigenvalue weighted by Gasteiger charge is -2.26. The van der Waals surface area contributed by atoms with E-state index in [4.69, 9.17) is 70.1 Å². The maximum atomic E-state index is 12.5. The van der Waals surface area contributed by atoms with Crippen LogP contribution in [-0.2, 0) is 67.1 Å². The number of aromatic hydroxyl groups is 1. The van der Waals surface area contributed by atoms with Crippen LogP contribution in [0.2, 0.25) is 0 Å². The van der Waals surface area contributed by atoms with Crippen molar-refractivity contribution in [2.45, 2.75) is 91.9 Å². The highest BCUT2D eigenvalue weighted by atomic mass is 16.5. The average Bonchev–Trinajstić information content (AvgIpc) is 1.57. The molecule has 4 aromatic heterocycles. The number of Topliss-reactive ketones (excluding diaryl/α,β-unsaturated/α-hetero) is 2. The summed E-state index contributed by atoms with van der Waals surface area (Å²) in [6.07, 6.45) is 15.6. The Kier molecular flexibility index (Phi) is 28.6. The van der Waals surface area contributed by atoms with Gasteiger partial charge in [-0.25, -0.2) is 0 Å². The molecule has 15 rings (SSSR count). The molecule has 0 spiro atoms. The molecular weight excluding hydrogens is 1280 g/mol. The molecule has 2 aliphatic heterocycles. The first-order valence-electron chi connectivity index (χ1n) is 33.2. The lowest BCUT2D eigenvalue weighted by atomic mass is 9.81. The molecule has 0 amide bonds. The maximum absolute atomic E-state index is 12.5. The van der Waals surface area contributed by atoms with Crippen molar-refractivity contribution in [3.63, 3.8) is 0 Å². The zero-order valence-corrected chi connectivity index (χ0v) is 56.1. The minimum Gasteiger partial charge on any atom is -0.508 e. The van der Waals surface area contributed by atoms with E-state index >= 15 is 0 Å². The van der Waals surface area contributed by atoms with E-state index in [1.807, 2.05) is 79.5 Å². The monoisotopic (exact) mass is 1360 g/mol. The summed E-state index contributed by atoms with van der Waals surface area (Å²) in [5, 5.41) is 23.3. The molecule has 8 aromatic carbocycles. The van der Waals surface area contributed by atoms with Crippen molar-refractivity contribution in [3.8, 4) is 23.0 Å². The maximum Gasteiger partial charge on any atom is 0.373 e. The molecule has 1 N–H and O–H groups in total. The number of ether oxygens (including phenoxy) is 5. The molecule has 1 saturated carbocycles. The standard InChI is InChI=1S/C24H25NO5.C21H25NO3.C16H16O2.C15H14O2.3CO2.CH4/c26-17-2-4-20(22(27)14-17)21-15-30-23-6-1-16-13-18(3-5-19(16)24(21)23)29-12-9-25-7-10-28-11-8-25;1-2-3-17-15-25-20-7-4-16-14-18(5-6-19(16)21(17)20)24-13-10-22-8-11-23-12-9-22;1-3-4-12-10-18-15-8-5-11-9-13(17-2)6-7-14(11)16(12)15;1-2-3-11-9-17-14-7-4-10-8-12(16)5-6-13(10)15(11)14;3*2-1-3;/h1,3,5-6,13,15,20H,2,4,7-12,14H2;4-7,14-15H,2-3,8-13H2,1H3;5-10H,3-4H2,1-2H3;4-9,16H,2-3H2,1H3;;;;1H4. The van der Waals surface area contributed by atoms with Crippen LogP contribution in [0.15, 0.2) is 164 Å². The van der Waals surface area contributed by atoms with Gasteiger partial charge in [-0.2, -0.15) is 28.8 Å². The van der Waals surface area contributed by atoms with Crippen molar-refractivity contribution in [3.05, 3.63) is 169 Å². The van der Waals surface area contributed by atoms with Crippen LogP contribution in [0.25, 0.3) is 87.0 Å². The van der Waals surface area contributed by atoms with Crippen LogP contribution in [-0.4, -0.2) is 131 Å². The fourth-order valence-corrected chi connectivity index (χ4v) is 13.0. The predicted octanol–water partition coefficient (Wildman–Crippen LogP) is 15.6. The second-order valence-electron chi connectivity index (χ2n) is 23.9. The number of methoxy groups -OCH3 is 1. The summed E-state index contributed by atoms with van der Waals surface area (Å²) >= 11 is 0. The van der Waals surface area contributed by atoms with E-state index in [0.717, 1.165) is 176 Å². The SMILES string of the molecule is C.CCCc1coc2ccc3cc(O)ccc3c12.CCCc1coc2ccc3cc(OC)ccc3c12.CCCc1coc2ccc3cc(OCCN4CCOCC4)ccc3c12.O=C1CCC(c2coc3ccc4cc(OCCN5CCOCC5)ccc4c23)C(=O)C1.O=C=O.O=C=O.O=C=O. The number of hydrogen-bond acceptors (Lipinski definition) is 20. The summed E-state index contributed by atoms with van der Waals surface area (Å²) in [4.78, 5) is 77.6. The molecule has 0 bridgehead atoms. The van der Waals surface area contributed by atoms with Crippen LogP contribution in [0.1, 0.15) is 94.9 Å². The fraction of sp³-hybridized carbons (Fsp3) is 0.338. The van der Waals surface area contributed by atoms with Gasteiger partial charge in [0.25, 0.3) is 0 Å². The number of phenols is 1. The quantitative estimate of drug-likeness (QED) is 0.0881. The molecule has 12 aromatic rings. The summed E-state index contributed by atoms with van der Waals surface area (Å²) in [6, 6.07) is 40.3. The van der Waals surface area contributed by atoms with Gasteiger partial charge in [0.2, 0.25) is 0 Å². The molecule has 3 fully saturated rings. The van der Waals surface area contributed by atoms with Crippen molar-refractivity contribution < 1.29 is 84.8 Å². The smallest absolute Gasteiger partial charge is 0.373 e. The van der Waals surface area contributed by atoms with E-state index in [0.29, 0.717) is 31.8 Å². The van der Waals surface area contributed by atoms with Crippen molar-refractivity contribution in [2.24, 2.45) is 0 Å². The number of hydrogen-bond donors (Lipinski definition) is 1. The Balaban J connectivity index is 0.000000166. The first kappa shape index (κ1) is 75.3. The van der Waals surface area contributed by atoms with Gasteiger partial charge in [0, 0.05) is 78.7 Å². The molecule has 6 heterocycles. The number of benzene rings is 8. The van der Waals surface area contributed by atoms with Crippen LogP contribution in [0, 0.1) is 0 Å². The molecule has 20 heteroatoms. The third-order valence-electron chi connectivity index (χ3n) is 17.6. The minimum atomic E-state index is -0.265. The molecule has 1 aliphatic carbocycles. The Morgan fingerprint density at radius 1 is 0.470 bits per heavy atom. The molecular formula is C80H84N2O18. The van der Waals surface area contributed by atoms with Crippen molar-refractivity contribution >= 4 is 117 Å². The van der Waals surface area contributed by atoms with E-state index in [-0.39, 0.29) is 49.8 Å². The summed E-state index contributed by atoms with van der Waals surface area (Å²) in [7, 11) is 1.69. The van der Waals surface area contributed by atoms with Crippen molar-refractivity contribution in [1.29, 1.82) is 0 Å². The highest BCUT2D eigenvalue weighted by Crippen LogP contribution is 2.40. The Hall–Kier alpha value is -10.5. The van der Waals surface area contributed by atoms with Gasteiger partial charge < -0.3 is 46.5 Å². The zero-order chi connectivity index (χ0) is 70.0. The second-order valence-corrected chi connectivity index (χ2v) is 23.9. The molecule has 1 unspecified atom stereocenters. The van der Waals surface area contributed by atoms with Gasteiger partial charge in [-0.1, -0.05) is 71.7 Å². The van der Waals surface area contributed by atoms with Gasteiger partial charge >= 0.3 is 18.5 Å². The molecule has 3 aliphatic rings. The van der Waals surface area contributed by atoms with Crippen LogP contribution >= 0.6 is 0 Å². The number of furan rings is 4. The normalized spacial score (nSPS) is 14.4. The van der Waals surface area contributed by atoms with Crippen LogP contribution in [0.3, 0.4) is 0 Å². The number of carbonyl (C=O) groups excluding carboxylic acids is 8. The molecule has 2 saturated heterocycles. The van der Waals surface area contributed by atoms with Crippen LogP contribution in [0.5, 0.6) is 23.0 Å². The van der Waals surface area contributed by atoms with E-state index in [1.165, 1.54) is 54.4 Å². The van der Waals surface area contributed by atoms with Gasteiger partial charge in [0.1, 0.15) is 70.1 Å². The first-order valence-corrected chi connectivity index (χ1v) is 33.2. The van der Waals surface area contributed by atoms with Crippen molar-refractivity contribution in [2.75, 3.05) is 86.0 Å². The van der Waals surface area contributed by atoms with E-state index < -0.39 is 0 Å². The molecule has 20 nitrogen and oxygen atoms in total. The van der Waals surface area contributed by atoms with E-state index in [1.54, 1.807) is 25.5 Å². The largest absolute Gasteiger partial charge is 0.508 e. The number of rotatable bonds is 16. The zero-order valence-electron chi connectivity index (χ0n) is 56.1. The predicted molar refractivity (Wildman–Crippen MR) is 379 cm³/mol. The molecule has 522 valence electrons. The lowest BCUT2D eigenvalue weighted by molar-refractivity contribution is -0.193. The number of fused-ring (bicyclic) bond motifs is 12. The highest BCUT2D eigenvalue weighted by molar-refractivity contribution is 6.13. The molecule has 1 atom stereocenters. The van der Waals surface area contributed by atoms with Crippen molar-refractivity contribution in [1.82, 2.24) is 9.80 Å². The summed E-state index contributed by atoms with van der Waals surface area (Å²) < 4.78 is 50.7. The molecule has 0 radical (unpaired) electrons.